The van der Waals surface area contributed by atoms with Crippen molar-refractivity contribution in [2.24, 2.45) is 0 Å². The number of rotatable bonds is 3. The van der Waals surface area contributed by atoms with Gasteiger partial charge in [0.25, 0.3) is 0 Å². The van der Waals surface area contributed by atoms with Crippen molar-refractivity contribution in [1.82, 2.24) is 10.3 Å². The molecule has 3 nitrogen and oxygen atoms in total. The number of hydrogen-bond acceptors (Lipinski definition) is 3. The Morgan fingerprint density at radius 2 is 2.08 bits per heavy atom. The van der Waals surface area contributed by atoms with Gasteiger partial charge in [0.15, 0.2) is 5.11 Å². The standard InChI is InChI=1S/C19H16BrN3S2/c1-12-5-4-6-14(9-12)23-18(16-10-13(20)11-25-16)17(22-19(23)24)15-7-2-3-8-21-15/h2-11,17-18H,1H3,(H,22,24). The molecule has 6 heteroatoms. The Morgan fingerprint density at radius 1 is 1.20 bits per heavy atom. The van der Waals surface area contributed by atoms with Crippen LogP contribution in [0.3, 0.4) is 0 Å². The number of thiocarbonyl (C=S) groups is 1. The minimum Gasteiger partial charge on any atom is -0.351 e. The highest BCUT2D eigenvalue weighted by Crippen LogP contribution is 2.44. The lowest BCUT2D eigenvalue weighted by molar-refractivity contribution is 0.575. The van der Waals surface area contributed by atoms with Crippen LogP contribution in [-0.2, 0) is 0 Å². The van der Waals surface area contributed by atoms with Gasteiger partial charge in [0.05, 0.1) is 17.8 Å². The lowest BCUT2D eigenvalue weighted by Gasteiger charge is -2.27. The Hall–Kier alpha value is -1.76. The largest absolute Gasteiger partial charge is 0.351 e. The number of thiophene rings is 1. The van der Waals surface area contributed by atoms with Gasteiger partial charge < -0.3 is 10.2 Å². The summed E-state index contributed by atoms with van der Waals surface area (Å²) in [4.78, 5) is 8.02. The molecule has 2 aromatic heterocycles. The van der Waals surface area contributed by atoms with Crippen LogP contribution >= 0.6 is 39.5 Å². The average Bonchev–Trinajstić information content (AvgIpc) is 3.18. The predicted molar refractivity (Wildman–Crippen MR) is 111 cm³/mol. The Morgan fingerprint density at radius 3 is 2.76 bits per heavy atom. The molecule has 3 heterocycles. The number of aromatic nitrogens is 1. The van der Waals surface area contributed by atoms with E-state index in [4.69, 9.17) is 12.2 Å². The Balaban J connectivity index is 1.83. The van der Waals surface area contributed by atoms with Crippen LogP contribution in [0.25, 0.3) is 0 Å². The fourth-order valence-corrected chi connectivity index (χ4v) is 5.10. The molecular weight excluding hydrogens is 414 g/mol. The molecule has 0 saturated carbocycles. The van der Waals surface area contributed by atoms with Crippen molar-refractivity contribution in [3.8, 4) is 0 Å². The van der Waals surface area contributed by atoms with Crippen molar-refractivity contribution in [2.75, 3.05) is 4.90 Å². The fourth-order valence-electron chi connectivity index (χ4n) is 3.18. The molecule has 2 unspecified atom stereocenters. The zero-order valence-corrected chi connectivity index (χ0v) is 16.7. The molecule has 0 amide bonds. The van der Waals surface area contributed by atoms with Crippen molar-refractivity contribution in [3.05, 3.63) is 80.7 Å². The van der Waals surface area contributed by atoms with Gasteiger partial charge in [0, 0.05) is 26.6 Å². The van der Waals surface area contributed by atoms with Crippen LogP contribution in [0.4, 0.5) is 5.69 Å². The van der Waals surface area contributed by atoms with Gasteiger partial charge in [0.1, 0.15) is 0 Å². The minimum atomic E-state index is 0.0137. The molecule has 25 heavy (non-hydrogen) atoms. The summed E-state index contributed by atoms with van der Waals surface area (Å²) in [6.45, 7) is 2.10. The number of aryl methyl sites for hydroxylation is 1. The van der Waals surface area contributed by atoms with Gasteiger partial charge >= 0.3 is 0 Å². The number of pyridine rings is 1. The first kappa shape index (κ1) is 16.7. The van der Waals surface area contributed by atoms with E-state index in [0.717, 1.165) is 21.0 Å². The SMILES string of the molecule is Cc1cccc(N2C(=S)NC(c3ccccn3)C2c2cc(Br)cs2)c1. The van der Waals surface area contributed by atoms with Crippen molar-refractivity contribution in [3.63, 3.8) is 0 Å². The van der Waals surface area contributed by atoms with Gasteiger partial charge in [0.2, 0.25) is 0 Å². The van der Waals surface area contributed by atoms with Gasteiger partial charge in [-0.25, -0.2) is 0 Å². The second-order valence-corrected chi connectivity index (χ2v) is 8.25. The third-order valence-electron chi connectivity index (χ3n) is 4.26. The van der Waals surface area contributed by atoms with Crippen LogP contribution < -0.4 is 10.2 Å². The molecule has 0 aliphatic carbocycles. The Kier molecular flexibility index (Phi) is 4.58. The summed E-state index contributed by atoms with van der Waals surface area (Å²) >= 11 is 11.0. The van der Waals surface area contributed by atoms with E-state index in [1.807, 2.05) is 18.3 Å². The molecule has 0 radical (unpaired) electrons. The van der Waals surface area contributed by atoms with Gasteiger partial charge in [-0.15, -0.1) is 11.3 Å². The minimum absolute atomic E-state index is 0.0137. The highest BCUT2D eigenvalue weighted by Gasteiger charge is 2.41. The maximum Gasteiger partial charge on any atom is 0.174 e. The molecule has 1 aliphatic rings. The molecule has 0 bridgehead atoms. The molecule has 1 aliphatic heterocycles. The van der Waals surface area contributed by atoms with E-state index in [2.05, 4.69) is 79.8 Å². The zero-order valence-electron chi connectivity index (χ0n) is 13.5. The number of hydrogen-bond donors (Lipinski definition) is 1. The Labute approximate surface area is 164 Å². The lowest BCUT2D eigenvalue weighted by atomic mass is 10.0. The number of halogens is 1. The van der Waals surface area contributed by atoms with E-state index in [1.54, 1.807) is 11.3 Å². The number of benzene rings is 1. The van der Waals surface area contributed by atoms with E-state index in [1.165, 1.54) is 10.4 Å². The predicted octanol–water partition coefficient (Wildman–Crippen LogP) is 5.39. The van der Waals surface area contributed by atoms with E-state index in [0.29, 0.717) is 0 Å². The third kappa shape index (κ3) is 3.21. The van der Waals surface area contributed by atoms with Gasteiger partial charge in [-0.1, -0.05) is 18.2 Å². The van der Waals surface area contributed by atoms with Crippen LogP contribution in [0, 0.1) is 6.92 Å². The highest BCUT2D eigenvalue weighted by atomic mass is 79.9. The van der Waals surface area contributed by atoms with Crippen molar-refractivity contribution in [1.29, 1.82) is 0 Å². The number of nitrogens with one attached hydrogen (secondary N) is 1. The smallest absolute Gasteiger partial charge is 0.174 e. The van der Waals surface area contributed by atoms with Crippen LogP contribution in [0.2, 0.25) is 0 Å². The third-order valence-corrected chi connectivity index (χ3v) is 6.34. The fraction of sp³-hybridized carbons (Fsp3) is 0.158. The first-order chi connectivity index (χ1) is 12.1. The van der Waals surface area contributed by atoms with Crippen molar-refractivity contribution < 1.29 is 0 Å². The van der Waals surface area contributed by atoms with E-state index >= 15 is 0 Å². The molecule has 1 saturated heterocycles. The maximum atomic E-state index is 5.71. The summed E-state index contributed by atoms with van der Waals surface area (Å²) in [6.07, 6.45) is 1.83. The lowest BCUT2D eigenvalue weighted by Crippen LogP contribution is -2.29. The first-order valence-corrected chi connectivity index (χ1v) is 10.0. The van der Waals surface area contributed by atoms with E-state index in [9.17, 15) is 0 Å². The average molecular weight is 430 g/mol. The normalized spacial score (nSPS) is 19.9. The molecule has 126 valence electrons. The van der Waals surface area contributed by atoms with Gasteiger partial charge in [-0.05, 0) is 71.0 Å². The summed E-state index contributed by atoms with van der Waals surface area (Å²) in [5, 5.41) is 6.33. The maximum absolute atomic E-state index is 5.71. The zero-order chi connectivity index (χ0) is 17.4. The second kappa shape index (κ2) is 6.86. The summed E-state index contributed by atoms with van der Waals surface area (Å²) < 4.78 is 1.09. The Bertz CT molecular complexity index is 910. The molecule has 2 atom stereocenters. The number of nitrogens with zero attached hydrogens (tertiary/aromatic N) is 2. The highest BCUT2D eigenvalue weighted by molar-refractivity contribution is 9.10. The van der Waals surface area contributed by atoms with E-state index in [-0.39, 0.29) is 12.1 Å². The quantitative estimate of drug-likeness (QED) is 0.564. The van der Waals surface area contributed by atoms with Gasteiger partial charge in [-0.2, -0.15) is 0 Å². The summed E-state index contributed by atoms with van der Waals surface area (Å²) in [5.41, 5.74) is 3.31. The second-order valence-electron chi connectivity index (χ2n) is 6.00. The molecule has 1 aromatic carbocycles. The molecule has 0 spiro atoms. The van der Waals surface area contributed by atoms with Crippen LogP contribution in [0.1, 0.15) is 28.2 Å². The topological polar surface area (TPSA) is 28.2 Å². The molecule has 1 N–H and O–H groups in total. The summed E-state index contributed by atoms with van der Waals surface area (Å²) in [6, 6.07) is 16.7. The molecule has 4 rings (SSSR count). The van der Waals surface area contributed by atoms with E-state index < -0.39 is 0 Å². The molecule has 3 aromatic rings. The van der Waals surface area contributed by atoms with Crippen molar-refractivity contribution in [2.45, 2.75) is 19.0 Å². The molecular formula is C19H16BrN3S2. The summed E-state index contributed by atoms with van der Waals surface area (Å²) in [5.74, 6) is 0. The first-order valence-electron chi connectivity index (χ1n) is 7.95. The van der Waals surface area contributed by atoms with Gasteiger partial charge in [-0.3, -0.25) is 4.98 Å². The van der Waals surface area contributed by atoms with Crippen LogP contribution in [0.5, 0.6) is 0 Å². The van der Waals surface area contributed by atoms with Crippen LogP contribution in [-0.4, -0.2) is 10.1 Å². The number of anilines is 1. The molecule has 1 fully saturated rings. The van der Waals surface area contributed by atoms with Crippen molar-refractivity contribution >= 4 is 50.3 Å². The van der Waals surface area contributed by atoms with Crippen LogP contribution in [0.15, 0.2) is 64.6 Å². The monoisotopic (exact) mass is 429 g/mol. The summed E-state index contributed by atoms with van der Waals surface area (Å²) in [7, 11) is 0.